The predicted molar refractivity (Wildman–Crippen MR) is 49.9 cm³/mol. The van der Waals surface area contributed by atoms with Crippen LogP contribution in [0.15, 0.2) is 12.2 Å². The van der Waals surface area contributed by atoms with E-state index in [0.29, 0.717) is 5.92 Å². The summed E-state index contributed by atoms with van der Waals surface area (Å²) >= 11 is 0. The van der Waals surface area contributed by atoms with Crippen LogP contribution in [-0.2, 0) is 0 Å². The van der Waals surface area contributed by atoms with Crippen LogP contribution in [0.5, 0.6) is 0 Å². The van der Waals surface area contributed by atoms with Crippen molar-refractivity contribution in [3.05, 3.63) is 12.2 Å². The molecule has 1 nitrogen and oxygen atoms in total. The van der Waals surface area contributed by atoms with Crippen LogP contribution in [0, 0.1) is 35.5 Å². The number of hydrogen-bond donors (Lipinski definition) is 1. The molecule has 7 atom stereocenters. The molecule has 4 rings (SSSR count). The zero-order valence-corrected chi connectivity index (χ0v) is 7.76. The lowest BCUT2D eigenvalue weighted by Gasteiger charge is -2.34. The summed E-state index contributed by atoms with van der Waals surface area (Å²) in [6.45, 7) is 0. The van der Waals surface area contributed by atoms with E-state index in [2.05, 4.69) is 12.2 Å². The van der Waals surface area contributed by atoms with E-state index in [9.17, 15) is 5.11 Å². The topological polar surface area (TPSA) is 20.2 Å². The van der Waals surface area contributed by atoms with Crippen molar-refractivity contribution in [1.82, 2.24) is 0 Å². The van der Waals surface area contributed by atoms with Crippen LogP contribution in [0.3, 0.4) is 0 Å². The Bertz CT molecular complexity index is 283. The van der Waals surface area contributed by atoms with Crippen molar-refractivity contribution in [3.8, 4) is 0 Å². The molecule has 0 heterocycles. The van der Waals surface area contributed by atoms with Gasteiger partial charge < -0.3 is 5.11 Å². The molecular formula is C12H16O. The van der Waals surface area contributed by atoms with Crippen molar-refractivity contribution >= 4 is 0 Å². The van der Waals surface area contributed by atoms with Crippen molar-refractivity contribution in [1.29, 1.82) is 0 Å². The van der Waals surface area contributed by atoms with Gasteiger partial charge in [0, 0.05) is 0 Å². The quantitative estimate of drug-likeness (QED) is 0.441. The smallest absolute Gasteiger partial charge is 0.0574 e. The molecule has 0 aromatic rings. The van der Waals surface area contributed by atoms with Crippen molar-refractivity contribution in [2.45, 2.75) is 25.4 Å². The molecular weight excluding hydrogens is 160 g/mol. The Morgan fingerprint density at radius 1 is 0.923 bits per heavy atom. The van der Waals surface area contributed by atoms with Gasteiger partial charge in [0.25, 0.3) is 0 Å². The molecule has 0 aromatic carbocycles. The summed E-state index contributed by atoms with van der Waals surface area (Å²) in [5.41, 5.74) is 0. The molecule has 0 amide bonds. The van der Waals surface area contributed by atoms with Gasteiger partial charge in [0.2, 0.25) is 0 Å². The Kier molecular flexibility index (Phi) is 1.10. The van der Waals surface area contributed by atoms with E-state index in [1.807, 2.05) is 0 Å². The van der Waals surface area contributed by atoms with Crippen LogP contribution in [-0.4, -0.2) is 11.2 Å². The first-order valence-corrected chi connectivity index (χ1v) is 5.71. The van der Waals surface area contributed by atoms with E-state index in [-0.39, 0.29) is 6.10 Å². The first-order chi connectivity index (χ1) is 6.34. The van der Waals surface area contributed by atoms with Gasteiger partial charge in [-0.05, 0) is 54.8 Å². The van der Waals surface area contributed by atoms with Gasteiger partial charge >= 0.3 is 0 Å². The lowest BCUT2D eigenvalue weighted by Crippen LogP contribution is -2.33. The summed E-state index contributed by atoms with van der Waals surface area (Å²) in [7, 11) is 0. The van der Waals surface area contributed by atoms with Gasteiger partial charge in [-0.3, -0.25) is 0 Å². The Morgan fingerprint density at radius 2 is 1.69 bits per heavy atom. The molecule has 0 radical (unpaired) electrons. The number of aliphatic hydroxyl groups excluding tert-OH is 1. The van der Waals surface area contributed by atoms with Crippen LogP contribution in [0.25, 0.3) is 0 Å². The first-order valence-electron chi connectivity index (χ1n) is 5.71. The lowest BCUT2D eigenvalue weighted by atomic mass is 9.72. The summed E-state index contributed by atoms with van der Waals surface area (Å²) in [6, 6.07) is 0. The first kappa shape index (κ1) is 7.05. The lowest BCUT2D eigenvalue weighted by molar-refractivity contribution is 0.0484. The fourth-order valence-corrected chi connectivity index (χ4v) is 4.98. The van der Waals surface area contributed by atoms with Gasteiger partial charge in [0.15, 0.2) is 0 Å². The maximum atomic E-state index is 9.87. The molecule has 0 aliphatic heterocycles. The molecule has 4 aliphatic rings. The van der Waals surface area contributed by atoms with E-state index in [0.717, 1.165) is 36.0 Å². The fraction of sp³-hybridized carbons (Fsp3) is 0.833. The van der Waals surface area contributed by atoms with Gasteiger partial charge in [0.1, 0.15) is 0 Å². The molecule has 4 bridgehead atoms. The highest BCUT2D eigenvalue weighted by atomic mass is 16.3. The summed E-state index contributed by atoms with van der Waals surface area (Å²) < 4.78 is 0. The highest BCUT2D eigenvalue weighted by Gasteiger charge is 2.60. The second-order valence-electron chi connectivity index (χ2n) is 5.57. The standard InChI is InChI=1S/C12H16O/c13-10-5-8-4-9(10)12-7-2-1-6(3-7)11(8)12/h1-2,6-13H,3-5H2/t6-,7+,8-,9+,10+,11+,12-/m1/s1. The van der Waals surface area contributed by atoms with E-state index >= 15 is 0 Å². The van der Waals surface area contributed by atoms with Gasteiger partial charge in [-0.15, -0.1) is 0 Å². The third kappa shape index (κ3) is 0.665. The second-order valence-corrected chi connectivity index (χ2v) is 5.57. The van der Waals surface area contributed by atoms with E-state index < -0.39 is 0 Å². The Hall–Kier alpha value is -0.300. The molecule has 70 valence electrons. The molecule has 3 fully saturated rings. The van der Waals surface area contributed by atoms with Gasteiger partial charge in [0.05, 0.1) is 6.10 Å². The molecule has 0 spiro atoms. The molecule has 1 heteroatoms. The average Bonchev–Trinajstić information content (AvgIpc) is 2.78. The van der Waals surface area contributed by atoms with Crippen LogP contribution >= 0.6 is 0 Å². The maximum absolute atomic E-state index is 9.87. The third-order valence-corrected chi connectivity index (χ3v) is 5.24. The van der Waals surface area contributed by atoms with Crippen LogP contribution in [0.1, 0.15) is 19.3 Å². The second kappa shape index (κ2) is 2.03. The van der Waals surface area contributed by atoms with Gasteiger partial charge in [-0.1, -0.05) is 12.2 Å². The van der Waals surface area contributed by atoms with E-state index in [1.165, 1.54) is 12.8 Å². The number of fused-ring (bicyclic) bond motifs is 9. The molecule has 3 saturated carbocycles. The van der Waals surface area contributed by atoms with Crippen molar-refractivity contribution < 1.29 is 5.11 Å². The molecule has 13 heavy (non-hydrogen) atoms. The molecule has 0 aromatic heterocycles. The van der Waals surface area contributed by atoms with Crippen molar-refractivity contribution in [2.24, 2.45) is 35.5 Å². The summed E-state index contributed by atoms with van der Waals surface area (Å²) in [6.07, 6.45) is 8.81. The monoisotopic (exact) mass is 176 g/mol. The number of rotatable bonds is 0. The molecule has 0 saturated heterocycles. The van der Waals surface area contributed by atoms with Crippen LogP contribution in [0.4, 0.5) is 0 Å². The van der Waals surface area contributed by atoms with Gasteiger partial charge in [-0.2, -0.15) is 0 Å². The minimum Gasteiger partial charge on any atom is -0.393 e. The largest absolute Gasteiger partial charge is 0.393 e. The Morgan fingerprint density at radius 3 is 2.54 bits per heavy atom. The zero-order chi connectivity index (χ0) is 8.58. The summed E-state index contributed by atoms with van der Waals surface area (Å²) in [5.74, 6) is 5.16. The third-order valence-electron chi connectivity index (χ3n) is 5.24. The van der Waals surface area contributed by atoms with Crippen molar-refractivity contribution in [2.75, 3.05) is 0 Å². The average molecular weight is 176 g/mol. The summed E-state index contributed by atoms with van der Waals surface area (Å²) in [4.78, 5) is 0. The predicted octanol–water partition coefficient (Wildman–Crippen LogP) is 1.83. The molecule has 4 aliphatic carbocycles. The number of allylic oxidation sites excluding steroid dienone is 2. The Labute approximate surface area is 78.8 Å². The van der Waals surface area contributed by atoms with E-state index in [4.69, 9.17) is 0 Å². The fourth-order valence-electron chi connectivity index (χ4n) is 4.98. The van der Waals surface area contributed by atoms with Crippen LogP contribution in [0.2, 0.25) is 0 Å². The minimum absolute atomic E-state index is 0.0546. The van der Waals surface area contributed by atoms with E-state index in [1.54, 1.807) is 0 Å². The maximum Gasteiger partial charge on any atom is 0.0574 e. The molecule has 1 N–H and O–H groups in total. The van der Waals surface area contributed by atoms with Crippen LogP contribution < -0.4 is 0 Å². The normalized spacial score (nSPS) is 66.4. The SMILES string of the molecule is O[C@H]1C[C@H]2C[C@@H]1[C@@H]1[C@H]2[C@@H]2C=C[C@H]1C2. The van der Waals surface area contributed by atoms with Gasteiger partial charge in [-0.25, -0.2) is 0 Å². The molecule has 0 unspecified atom stereocenters. The number of hydrogen-bond acceptors (Lipinski definition) is 1. The van der Waals surface area contributed by atoms with Crippen molar-refractivity contribution in [3.63, 3.8) is 0 Å². The highest BCUT2D eigenvalue weighted by molar-refractivity contribution is 5.20. The zero-order valence-electron chi connectivity index (χ0n) is 7.76. The Balaban J connectivity index is 1.79. The number of aliphatic hydroxyl groups is 1. The minimum atomic E-state index is 0.0546. The summed E-state index contributed by atoms with van der Waals surface area (Å²) in [5, 5.41) is 9.87. The highest BCUT2D eigenvalue weighted by Crippen LogP contribution is 2.65.